The monoisotopic (exact) mass is 518 g/mol. The summed E-state index contributed by atoms with van der Waals surface area (Å²) in [5.41, 5.74) is 8.36. The number of ether oxygens (including phenoxy) is 1. The van der Waals surface area contributed by atoms with Gasteiger partial charge in [-0.15, -0.1) is 0 Å². The molecule has 0 saturated heterocycles. The minimum Gasteiger partial charge on any atom is -0.463 e. The Labute approximate surface area is 206 Å². The van der Waals surface area contributed by atoms with E-state index in [4.69, 9.17) is 10.5 Å². The molecule has 0 aliphatic carbocycles. The molecule has 3 aromatic carbocycles. The maximum absolute atomic E-state index is 13.8. The number of rotatable bonds is 7. The van der Waals surface area contributed by atoms with E-state index in [1.54, 1.807) is 48.2 Å². The summed E-state index contributed by atoms with van der Waals surface area (Å²) in [6.07, 6.45) is 0. The second kappa shape index (κ2) is 10.1. The lowest BCUT2D eigenvalue weighted by molar-refractivity contribution is -0.139. The quantitative estimate of drug-likeness (QED) is 0.277. The van der Waals surface area contributed by atoms with Crippen LogP contribution in [-0.2, 0) is 20.9 Å². The molecular weight excluding hydrogens is 496 g/mol. The molecule has 1 amide bonds. The third kappa shape index (κ3) is 4.52. The van der Waals surface area contributed by atoms with Crippen LogP contribution >= 0.6 is 15.9 Å². The topological polar surface area (TPSA) is 89.7 Å². The molecule has 0 fully saturated rings. The van der Waals surface area contributed by atoms with E-state index >= 15 is 0 Å². The Balaban J connectivity index is 1.85. The molecule has 1 heterocycles. The van der Waals surface area contributed by atoms with Crippen molar-refractivity contribution in [1.29, 1.82) is 0 Å². The lowest BCUT2D eigenvalue weighted by Crippen LogP contribution is -2.32. The van der Waals surface area contributed by atoms with Crippen molar-refractivity contribution < 1.29 is 19.1 Å². The van der Waals surface area contributed by atoms with Gasteiger partial charge in [0.25, 0.3) is 0 Å². The number of nitrogens with two attached hydrogens (primary N) is 1. The molecule has 1 atom stereocenters. The first kappa shape index (κ1) is 23.4. The zero-order valence-electron chi connectivity index (χ0n) is 18.5. The lowest BCUT2D eigenvalue weighted by atomic mass is 9.89. The SMILES string of the molecule is CCOC(=O)/C(=C(\N)C(=O)c1ccccc1)C1C(=O)N(Cc2ccccc2)c2ccc(Br)cc21. The molecule has 2 N–H and O–H groups in total. The number of hydrogen-bond donors (Lipinski definition) is 1. The fraction of sp³-hybridized carbons (Fsp3) is 0.148. The summed E-state index contributed by atoms with van der Waals surface area (Å²) in [6.45, 7) is 2.05. The molecule has 0 bridgehead atoms. The number of amides is 1. The molecular formula is C27H23BrN2O4. The maximum Gasteiger partial charge on any atom is 0.337 e. The van der Waals surface area contributed by atoms with E-state index in [0.717, 1.165) is 10.0 Å². The maximum atomic E-state index is 13.8. The average molecular weight is 519 g/mol. The van der Waals surface area contributed by atoms with Gasteiger partial charge in [-0.3, -0.25) is 9.59 Å². The van der Waals surface area contributed by atoms with Gasteiger partial charge >= 0.3 is 5.97 Å². The van der Waals surface area contributed by atoms with Gasteiger partial charge in [0, 0.05) is 15.7 Å². The fourth-order valence-electron chi connectivity index (χ4n) is 4.08. The van der Waals surface area contributed by atoms with Crippen LogP contribution < -0.4 is 10.6 Å². The Bertz CT molecular complexity index is 1270. The second-order valence-electron chi connectivity index (χ2n) is 7.79. The number of carbonyl (C=O) groups is 3. The lowest BCUT2D eigenvalue weighted by Gasteiger charge is -2.19. The minimum atomic E-state index is -1.07. The molecule has 4 rings (SSSR count). The van der Waals surface area contributed by atoms with Gasteiger partial charge < -0.3 is 15.4 Å². The summed E-state index contributed by atoms with van der Waals surface area (Å²) in [4.78, 5) is 41.7. The number of benzene rings is 3. The van der Waals surface area contributed by atoms with Crippen molar-refractivity contribution in [3.05, 3.63) is 111 Å². The number of hydrogen-bond acceptors (Lipinski definition) is 5. The van der Waals surface area contributed by atoms with Crippen molar-refractivity contribution in [2.24, 2.45) is 5.73 Å². The van der Waals surface area contributed by atoms with Crippen LogP contribution in [0.2, 0.25) is 0 Å². The predicted molar refractivity (Wildman–Crippen MR) is 133 cm³/mol. The fourth-order valence-corrected chi connectivity index (χ4v) is 4.46. The third-order valence-corrected chi connectivity index (χ3v) is 6.14. The number of allylic oxidation sites excluding steroid dienone is 1. The molecule has 1 unspecified atom stereocenters. The van der Waals surface area contributed by atoms with Crippen LogP contribution in [0.5, 0.6) is 0 Å². The van der Waals surface area contributed by atoms with Gasteiger partial charge in [0.1, 0.15) is 0 Å². The summed E-state index contributed by atoms with van der Waals surface area (Å²) in [5.74, 6) is -2.73. The smallest absolute Gasteiger partial charge is 0.337 e. The summed E-state index contributed by atoms with van der Waals surface area (Å²) >= 11 is 3.46. The van der Waals surface area contributed by atoms with Crippen LogP contribution in [0.4, 0.5) is 5.69 Å². The van der Waals surface area contributed by atoms with Gasteiger partial charge in [0.2, 0.25) is 11.7 Å². The zero-order chi connectivity index (χ0) is 24.2. The first-order chi connectivity index (χ1) is 16.4. The van der Waals surface area contributed by atoms with Crippen LogP contribution in [0.1, 0.15) is 34.3 Å². The first-order valence-electron chi connectivity index (χ1n) is 10.8. The Hall–Kier alpha value is -3.71. The first-order valence-corrected chi connectivity index (χ1v) is 11.6. The summed E-state index contributed by atoms with van der Waals surface area (Å²) in [7, 11) is 0. The van der Waals surface area contributed by atoms with E-state index < -0.39 is 17.7 Å². The van der Waals surface area contributed by atoms with Crippen LogP contribution in [0.25, 0.3) is 0 Å². The molecule has 0 saturated carbocycles. The predicted octanol–water partition coefficient (Wildman–Crippen LogP) is 4.74. The second-order valence-corrected chi connectivity index (χ2v) is 8.70. The van der Waals surface area contributed by atoms with Crippen molar-refractivity contribution in [2.75, 3.05) is 11.5 Å². The molecule has 1 aliphatic heterocycles. The van der Waals surface area contributed by atoms with Crippen molar-refractivity contribution in [2.45, 2.75) is 19.4 Å². The highest BCUT2D eigenvalue weighted by molar-refractivity contribution is 9.10. The molecule has 0 spiro atoms. The van der Waals surface area contributed by atoms with Crippen LogP contribution in [0.3, 0.4) is 0 Å². The molecule has 1 aliphatic rings. The standard InChI is InChI=1S/C27H23BrN2O4/c1-2-34-27(33)23(24(29)25(31)18-11-7-4-8-12-18)22-20-15-19(28)13-14-21(20)30(26(22)32)16-17-9-5-3-6-10-17/h3-15,22H,2,16,29H2,1H3/b24-23-. The minimum absolute atomic E-state index is 0.0785. The van der Waals surface area contributed by atoms with Crippen LogP contribution in [0.15, 0.2) is 94.6 Å². The van der Waals surface area contributed by atoms with Gasteiger partial charge in [-0.1, -0.05) is 76.6 Å². The average Bonchev–Trinajstić information content (AvgIpc) is 3.10. The number of nitrogens with zero attached hydrogens (tertiary/aromatic N) is 1. The van der Waals surface area contributed by atoms with Crippen molar-refractivity contribution in [1.82, 2.24) is 0 Å². The molecule has 34 heavy (non-hydrogen) atoms. The van der Waals surface area contributed by atoms with E-state index in [0.29, 0.717) is 23.4 Å². The molecule has 3 aromatic rings. The number of esters is 1. The van der Waals surface area contributed by atoms with Crippen LogP contribution in [-0.4, -0.2) is 24.3 Å². The number of fused-ring (bicyclic) bond motifs is 1. The van der Waals surface area contributed by atoms with Gasteiger partial charge in [0.15, 0.2) is 0 Å². The number of Topliss-reactive ketones (excluding diaryl/α,β-unsaturated/α-hetero) is 1. The van der Waals surface area contributed by atoms with Gasteiger partial charge in [-0.25, -0.2) is 4.79 Å². The molecule has 6 nitrogen and oxygen atoms in total. The molecule has 7 heteroatoms. The Morgan fingerprint density at radius 1 is 1.00 bits per heavy atom. The number of carbonyl (C=O) groups excluding carboxylic acids is 3. The number of halogens is 1. The van der Waals surface area contributed by atoms with Gasteiger partial charge in [-0.2, -0.15) is 0 Å². The van der Waals surface area contributed by atoms with Crippen LogP contribution in [0, 0.1) is 0 Å². The Kier molecular flexibility index (Phi) is 6.93. The van der Waals surface area contributed by atoms with Crippen molar-refractivity contribution in [3.8, 4) is 0 Å². The summed E-state index contributed by atoms with van der Waals surface area (Å²) in [5, 5.41) is 0. The summed E-state index contributed by atoms with van der Waals surface area (Å²) in [6, 6.07) is 23.4. The van der Waals surface area contributed by atoms with E-state index in [1.807, 2.05) is 42.5 Å². The summed E-state index contributed by atoms with van der Waals surface area (Å²) < 4.78 is 6.00. The van der Waals surface area contributed by atoms with Crippen molar-refractivity contribution >= 4 is 39.3 Å². The normalized spacial score (nSPS) is 15.5. The third-order valence-electron chi connectivity index (χ3n) is 5.64. The highest BCUT2D eigenvalue weighted by atomic mass is 79.9. The highest BCUT2D eigenvalue weighted by Crippen LogP contribution is 2.44. The largest absolute Gasteiger partial charge is 0.463 e. The molecule has 0 aromatic heterocycles. The Morgan fingerprint density at radius 2 is 1.65 bits per heavy atom. The van der Waals surface area contributed by atoms with E-state index in [1.165, 1.54) is 0 Å². The van der Waals surface area contributed by atoms with E-state index in [2.05, 4.69) is 15.9 Å². The van der Waals surface area contributed by atoms with Gasteiger partial charge in [0.05, 0.1) is 30.3 Å². The van der Waals surface area contributed by atoms with E-state index in [-0.39, 0.29) is 23.8 Å². The zero-order valence-corrected chi connectivity index (χ0v) is 20.1. The highest BCUT2D eigenvalue weighted by Gasteiger charge is 2.44. The number of ketones is 1. The van der Waals surface area contributed by atoms with Crippen molar-refractivity contribution in [3.63, 3.8) is 0 Å². The molecule has 172 valence electrons. The van der Waals surface area contributed by atoms with Gasteiger partial charge in [-0.05, 0) is 36.2 Å². The van der Waals surface area contributed by atoms with E-state index in [9.17, 15) is 14.4 Å². The number of anilines is 1. The molecule has 0 radical (unpaired) electrons. The Morgan fingerprint density at radius 3 is 2.29 bits per heavy atom.